The summed E-state index contributed by atoms with van der Waals surface area (Å²) in [5.41, 5.74) is 3.87. The van der Waals surface area contributed by atoms with Gasteiger partial charge in [-0.3, -0.25) is 0 Å². The Labute approximate surface area is 93.7 Å². The molecule has 82 valence electrons. The molecule has 4 heteroatoms. The SMILES string of the molecule is Cc1cc(C)c(C(N=C=O)N=C=O)cc1C. The summed E-state index contributed by atoms with van der Waals surface area (Å²) in [4.78, 5) is 27.5. The van der Waals surface area contributed by atoms with E-state index in [0.717, 1.165) is 22.3 Å². The van der Waals surface area contributed by atoms with Crippen molar-refractivity contribution in [2.24, 2.45) is 9.98 Å². The van der Waals surface area contributed by atoms with Gasteiger partial charge in [0.2, 0.25) is 12.2 Å². The second kappa shape index (κ2) is 5.17. The minimum Gasteiger partial charge on any atom is -0.211 e. The highest BCUT2D eigenvalue weighted by Crippen LogP contribution is 2.24. The molecule has 1 aromatic carbocycles. The van der Waals surface area contributed by atoms with E-state index < -0.39 is 6.17 Å². The van der Waals surface area contributed by atoms with Crippen LogP contribution in [0, 0.1) is 20.8 Å². The minimum absolute atomic E-state index is 0.731. The van der Waals surface area contributed by atoms with E-state index in [4.69, 9.17) is 0 Å². The average Bonchev–Trinajstić information content (AvgIpc) is 2.23. The highest BCUT2D eigenvalue weighted by molar-refractivity contribution is 5.43. The normalized spacial score (nSPS) is 11.2. The van der Waals surface area contributed by atoms with Gasteiger partial charge in [0, 0.05) is 5.56 Å². The highest BCUT2D eigenvalue weighted by atomic mass is 16.1. The molecule has 0 atom stereocenters. The van der Waals surface area contributed by atoms with Crippen molar-refractivity contribution in [3.63, 3.8) is 0 Å². The lowest BCUT2D eigenvalue weighted by Gasteiger charge is -2.11. The van der Waals surface area contributed by atoms with E-state index in [0.29, 0.717) is 0 Å². The van der Waals surface area contributed by atoms with Crippen LogP contribution in [0.15, 0.2) is 22.1 Å². The standard InChI is InChI=1S/C12H12N2O2/c1-8-4-10(3)11(5-9(8)2)12(13-6-15)14-7-16/h4-5,12H,1-3H3. The van der Waals surface area contributed by atoms with Gasteiger partial charge < -0.3 is 0 Å². The Balaban J connectivity index is 3.34. The molecule has 0 fully saturated rings. The van der Waals surface area contributed by atoms with Crippen LogP contribution in [-0.4, -0.2) is 12.2 Å². The van der Waals surface area contributed by atoms with E-state index in [2.05, 4.69) is 9.98 Å². The molecular formula is C12H12N2O2. The second-order valence-electron chi connectivity index (χ2n) is 3.61. The fourth-order valence-corrected chi connectivity index (χ4v) is 1.53. The first-order chi connectivity index (χ1) is 7.60. The maximum atomic E-state index is 10.2. The highest BCUT2D eigenvalue weighted by Gasteiger charge is 2.12. The van der Waals surface area contributed by atoms with Gasteiger partial charge in [0.05, 0.1) is 0 Å². The Hall–Kier alpha value is -2.02. The van der Waals surface area contributed by atoms with E-state index in [-0.39, 0.29) is 0 Å². The fraction of sp³-hybridized carbons (Fsp3) is 0.333. The zero-order chi connectivity index (χ0) is 12.1. The third kappa shape index (κ3) is 2.51. The summed E-state index contributed by atoms with van der Waals surface area (Å²) in [6, 6.07) is 3.84. The van der Waals surface area contributed by atoms with Gasteiger partial charge in [-0.15, -0.1) is 0 Å². The van der Waals surface area contributed by atoms with Gasteiger partial charge in [0.25, 0.3) is 0 Å². The summed E-state index contributed by atoms with van der Waals surface area (Å²) < 4.78 is 0. The summed E-state index contributed by atoms with van der Waals surface area (Å²) in [6.07, 6.45) is 2.00. The predicted octanol–water partition coefficient (Wildman–Crippen LogP) is 2.28. The number of rotatable bonds is 3. The van der Waals surface area contributed by atoms with Gasteiger partial charge in [0.1, 0.15) is 0 Å². The van der Waals surface area contributed by atoms with Crippen LogP contribution in [0.5, 0.6) is 0 Å². The van der Waals surface area contributed by atoms with Crippen LogP contribution in [0.3, 0.4) is 0 Å². The molecule has 0 aromatic heterocycles. The van der Waals surface area contributed by atoms with E-state index in [1.807, 2.05) is 32.9 Å². The zero-order valence-corrected chi connectivity index (χ0v) is 9.44. The minimum atomic E-state index is -0.825. The predicted molar refractivity (Wildman–Crippen MR) is 59.6 cm³/mol. The molecule has 0 spiro atoms. The van der Waals surface area contributed by atoms with Crippen molar-refractivity contribution in [1.29, 1.82) is 0 Å². The summed E-state index contributed by atoms with van der Waals surface area (Å²) >= 11 is 0. The Morgan fingerprint density at radius 3 is 1.94 bits per heavy atom. The van der Waals surface area contributed by atoms with E-state index >= 15 is 0 Å². The molecule has 0 amide bonds. The second-order valence-corrected chi connectivity index (χ2v) is 3.61. The molecule has 4 nitrogen and oxygen atoms in total. The topological polar surface area (TPSA) is 58.9 Å². The first-order valence-corrected chi connectivity index (χ1v) is 4.82. The van der Waals surface area contributed by atoms with Crippen molar-refractivity contribution in [1.82, 2.24) is 0 Å². The monoisotopic (exact) mass is 216 g/mol. The molecule has 0 N–H and O–H groups in total. The van der Waals surface area contributed by atoms with E-state index in [1.54, 1.807) is 0 Å². The third-order valence-electron chi connectivity index (χ3n) is 2.51. The zero-order valence-electron chi connectivity index (χ0n) is 9.44. The number of benzene rings is 1. The maximum absolute atomic E-state index is 10.2. The Kier molecular flexibility index (Phi) is 3.90. The van der Waals surface area contributed by atoms with Gasteiger partial charge >= 0.3 is 0 Å². The number of carbonyl (C=O) groups excluding carboxylic acids is 2. The number of aryl methyl sites for hydroxylation is 3. The Morgan fingerprint density at radius 2 is 1.44 bits per heavy atom. The molecule has 0 unspecified atom stereocenters. The summed E-state index contributed by atoms with van der Waals surface area (Å²) in [5.74, 6) is 0. The molecule has 0 saturated carbocycles. The van der Waals surface area contributed by atoms with Crippen LogP contribution >= 0.6 is 0 Å². The summed E-state index contributed by atoms with van der Waals surface area (Å²) in [6.45, 7) is 5.83. The molecule has 0 radical (unpaired) electrons. The first-order valence-electron chi connectivity index (χ1n) is 4.82. The molecule has 1 rings (SSSR count). The molecule has 0 saturated heterocycles. The van der Waals surface area contributed by atoms with Crippen LogP contribution < -0.4 is 0 Å². The van der Waals surface area contributed by atoms with Gasteiger partial charge in [-0.05, 0) is 37.5 Å². The van der Waals surface area contributed by atoms with Crippen molar-refractivity contribution in [3.8, 4) is 0 Å². The van der Waals surface area contributed by atoms with Crippen LogP contribution in [0.2, 0.25) is 0 Å². The number of hydrogen-bond donors (Lipinski definition) is 0. The van der Waals surface area contributed by atoms with Crippen LogP contribution in [-0.2, 0) is 9.59 Å². The lowest BCUT2D eigenvalue weighted by atomic mass is 9.99. The van der Waals surface area contributed by atoms with E-state index in [1.165, 1.54) is 12.2 Å². The van der Waals surface area contributed by atoms with Crippen molar-refractivity contribution >= 4 is 12.2 Å². The van der Waals surface area contributed by atoms with Crippen molar-refractivity contribution in [2.75, 3.05) is 0 Å². The van der Waals surface area contributed by atoms with Gasteiger partial charge in [-0.2, -0.15) is 9.98 Å². The van der Waals surface area contributed by atoms with Crippen LogP contribution in [0.4, 0.5) is 0 Å². The molecule has 1 aromatic rings. The summed E-state index contributed by atoms with van der Waals surface area (Å²) in [7, 11) is 0. The van der Waals surface area contributed by atoms with Gasteiger partial charge in [-0.1, -0.05) is 12.1 Å². The molecular weight excluding hydrogens is 204 g/mol. The first kappa shape index (κ1) is 12.1. The third-order valence-corrected chi connectivity index (χ3v) is 2.51. The quantitative estimate of drug-likeness (QED) is 0.574. The van der Waals surface area contributed by atoms with Gasteiger partial charge in [-0.25, -0.2) is 9.59 Å². The maximum Gasteiger partial charge on any atom is 0.237 e. The molecule has 0 bridgehead atoms. The molecule has 0 aliphatic rings. The lowest BCUT2D eigenvalue weighted by molar-refractivity contribution is 0.551. The smallest absolute Gasteiger partial charge is 0.211 e. The number of aliphatic imine (C=N–C) groups is 2. The number of hydrogen-bond acceptors (Lipinski definition) is 4. The van der Waals surface area contributed by atoms with Crippen molar-refractivity contribution < 1.29 is 9.59 Å². The fourth-order valence-electron chi connectivity index (χ4n) is 1.53. The molecule has 0 aliphatic heterocycles. The Morgan fingerprint density at radius 1 is 0.938 bits per heavy atom. The average molecular weight is 216 g/mol. The van der Waals surface area contributed by atoms with Crippen molar-refractivity contribution in [2.45, 2.75) is 26.9 Å². The lowest BCUT2D eigenvalue weighted by Crippen LogP contribution is -1.97. The van der Waals surface area contributed by atoms with Crippen LogP contribution in [0.1, 0.15) is 28.4 Å². The summed E-state index contributed by atoms with van der Waals surface area (Å²) in [5, 5.41) is 0. The van der Waals surface area contributed by atoms with Crippen molar-refractivity contribution in [3.05, 3.63) is 34.4 Å². The molecule has 16 heavy (non-hydrogen) atoms. The Bertz CT molecular complexity index is 478. The van der Waals surface area contributed by atoms with Crippen LogP contribution in [0.25, 0.3) is 0 Å². The van der Waals surface area contributed by atoms with Gasteiger partial charge in [0.15, 0.2) is 6.17 Å². The number of isocyanates is 2. The van der Waals surface area contributed by atoms with E-state index in [9.17, 15) is 9.59 Å². The largest absolute Gasteiger partial charge is 0.237 e. The molecule has 0 aliphatic carbocycles. The number of nitrogens with zero attached hydrogens (tertiary/aromatic N) is 2. The molecule has 0 heterocycles.